The maximum absolute atomic E-state index is 13.7. The lowest BCUT2D eigenvalue weighted by Crippen LogP contribution is -2.27. The maximum Gasteiger partial charge on any atom is 0.131 e. The minimum Gasteiger partial charge on any atom is -0.497 e. The van der Waals surface area contributed by atoms with E-state index in [2.05, 4.69) is 5.32 Å². The number of rotatable bonds is 5. The van der Waals surface area contributed by atoms with Gasteiger partial charge >= 0.3 is 0 Å². The van der Waals surface area contributed by atoms with Crippen molar-refractivity contribution < 1.29 is 13.9 Å². The lowest BCUT2D eigenvalue weighted by Gasteiger charge is -2.13. The monoisotopic (exact) mass is 253 g/mol. The first kappa shape index (κ1) is 13.3. The van der Waals surface area contributed by atoms with E-state index in [0.717, 1.165) is 19.3 Å². The van der Waals surface area contributed by atoms with Gasteiger partial charge in [0.2, 0.25) is 0 Å². The first-order valence-corrected chi connectivity index (χ1v) is 6.31. The molecular weight excluding hydrogens is 233 g/mol. The van der Waals surface area contributed by atoms with Gasteiger partial charge in [0.15, 0.2) is 0 Å². The SMILES string of the molecule is COc1ccc(CNC2CCC(OC)C2)c(F)c1. The van der Waals surface area contributed by atoms with E-state index < -0.39 is 0 Å². The molecule has 1 N–H and O–H groups in total. The predicted molar refractivity (Wildman–Crippen MR) is 68.2 cm³/mol. The Kier molecular flexibility index (Phi) is 4.55. The van der Waals surface area contributed by atoms with Gasteiger partial charge in [0.25, 0.3) is 0 Å². The van der Waals surface area contributed by atoms with E-state index in [1.807, 2.05) is 0 Å². The highest BCUT2D eigenvalue weighted by molar-refractivity contribution is 5.28. The van der Waals surface area contributed by atoms with Gasteiger partial charge in [-0.15, -0.1) is 0 Å². The topological polar surface area (TPSA) is 30.5 Å². The second-order valence-electron chi connectivity index (χ2n) is 4.71. The van der Waals surface area contributed by atoms with Crippen molar-refractivity contribution in [2.45, 2.75) is 38.0 Å². The van der Waals surface area contributed by atoms with Crippen molar-refractivity contribution in [1.82, 2.24) is 5.32 Å². The summed E-state index contributed by atoms with van der Waals surface area (Å²) in [4.78, 5) is 0. The molecule has 0 heterocycles. The quantitative estimate of drug-likeness (QED) is 0.874. The van der Waals surface area contributed by atoms with E-state index in [9.17, 15) is 4.39 Å². The first-order chi connectivity index (χ1) is 8.72. The van der Waals surface area contributed by atoms with Gasteiger partial charge in [0.05, 0.1) is 13.2 Å². The van der Waals surface area contributed by atoms with Gasteiger partial charge in [0.1, 0.15) is 11.6 Å². The molecule has 1 aliphatic rings. The zero-order valence-corrected chi connectivity index (χ0v) is 10.9. The van der Waals surface area contributed by atoms with Crippen molar-refractivity contribution in [1.29, 1.82) is 0 Å². The summed E-state index contributed by atoms with van der Waals surface area (Å²) in [6.45, 7) is 0.553. The van der Waals surface area contributed by atoms with Crippen LogP contribution in [0.4, 0.5) is 4.39 Å². The molecule has 1 aromatic carbocycles. The van der Waals surface area contributed by atoms with Crippen LogP contribution in [0.15, 0.2) is 18.2 Å². The first-order valence-electron chi connectivity index (χ1n) is 6.31. The number of halogens is 1. The molecular formula is C14H20FNO2. The summed E-state index contributed by atoms with van der Waals surface area (Å²) in [5.41, 5.74) is 0.677. The van der Waals surface area contributed by atoms with Crippen molar-refractivity contribution in [3.63, 3.8) is 0 Å². The van der Waals surface area contributed by atoms with Crippen molar-refractivity contribution in [2.24, 2.45) is 0 Å². The van der Waals surface area contributed by atoms with Crippen LogP contribution in [0.3, 0.4) is 0 Å². The number of methoxy groups -OCH3 is 2. The number of ether oxygens (including phenoxy) is 2. The summed E-state index contributed by atoms with van der Waals surface area (Å²) in [5, 5.41) is 3.38. The molecule has 1 aromatic rings. The zero-order chi connectivity index (χ0) is 13.0. The Morgan fingerprint density at radius 2 is 2.17 bits per heavy atom. The molecule has 0 radical (unpaired) electrons. The fourth-order valence-corrected chi connectivity index (χ4v) is 2.39. The Balaban J connectivity index is 1.87. The van der Waals surface area contributed by atoms with Gasteiger partial charge in [-0.2, -0.15) is 0 Å². The Morgan fingerprint density at radius 1 is 1.33 bits per heavy atom. The van der Waals surface area contributed by atoms with Crippen LogP contribution in [0, 0.1) is 5.82 Å². The van der Waals surface area contributed by atoms with E-state index in [0.29, 0.717) is 30.0 Å². The molecule has 0 spiro atoms. The number of benzene rings is 1. The van der Waals surface area contributed by atoms with Crippen molar-refractivity contribution in [2.75, 3.05) is 14.2 Å². The second kappa shape index (κ2) is 6.16. The average Bonchev–Trinajstić information content (AvgIpc) is 2.85. The molecule has 1 fully saturated rings. The molecule has 0 aromatic heterocycles. The van der Waals surface area contributed by atoms with Crippen LogP contribution in [0.1, 0.15) is 24.8 Å². The standard InChI is InChI=1S/C14H20FNO2/c1-17-12-6-4-11(7-12)16-9-10-3-5-13(18-2)8-14(10)15/h3,5,8,11-12,16H,4,6-7,9H2,1-2H3. The summed E-state index contributed by atoms with van der Waals surface area (Å²) >= 11 is 0. The normalized spacial score (nSPS) is 23.3. The molecule has 3 nitrogen and oxygen atoms in total. The van der Waals surface area contributed by atoms with E-state index >= 15 is 0 Å². The number of hydrogen-bond acceptors (Lipinski definition) is 3. The molecule has 18 heavy (non-hydrogen) atoms. The fraction of sp³-hybridized carbons (Fsp3) is 0.571. The third-order valence-electron chi connectivity index (χ3n) is 3.56. The molecule has 2 rings (SSSR count). The summed E-state index contributed by atoms with van der Waals surface area (Å²) in [5.74, 6) is 0.333. The van der Waals surface area contributed by atoms with Crippen LogP contribution in [0.5, 0.6) is 5.75 Å². The number of nitrogens with one attached hydrogen (secondary N) is 1. The molecule has 1 aliphatic carbocycles. The van der Waals surface area contributed by atoms with Gasteiger partial charge < -0.3 is 14.8 Å². The minimum absolute atomic E-state index is 0.219. The summed E-state index contributed by atoms with van der Waals surface area (Å²) in [6, 6.07) is 5.40. The summed E-state index contributed by atoms with van der Waals surface area (Å²) in [6.07, 6.45) is 3.53. The van der Waals surface area contributed by atoms with Crippen LogP contribution in [-0.4, -0.2) is 26.4 Å². The molecule has 2 atom stereocenters. The third kappa shape index (κ3) is 3.21. The molecule has 0 amide bonds. The fourth-order valence-electron chi connectivity index (χ4n) is 2.39. The van der Waals surface area contributed by atoms with Gasteiger partial charge in [-0.3, -0.25) is 0 Å². The highest BCUT2D eigenvalue weighted by Gasteiger charge is 2.23. The molecule has 0 saturated heterocycles. The highest BCUT2D eigenvalue weighted by atomic mass is 19.1. The molecule has 100 valence electrons. The third-order valence-corrected chi connectivity index (χ3v) is 3.56. The minimum atomic E-state index is -0.219. The van der Waals surface area contributed by atoms with Gasteiger partial charge in [-0.25, -0.2) is 4.39 Å². The smallest absolute Gasteiger partial charge is 0.131 e. The maximum atomic E-state index is 13.7. The van der Waals surface area contributed by atoms with E-state index in [1.54, 1.807) is 19.2 Å². The molecule has 0 aliphatic heterocycles. The zero-order valence-electron chi connectivity index (χ0n) is 10.9. The van der Waals surface area contributed by atoms with Crippen LogP contribution in [0.25, 0.3) is 0 Å². The largest absolute Gasteiger partial charge is 0.497 e. The van der Waals surface area contributed by atoms with E-state index in [-0.39, 0.29) is 5.82 Å². The molecule has 4 heteroatoms. The van der Waals surface area contributed by atoms with Gasteiger partial charge in [-0.05, 0) is 25.3 Å². The van der Waals surface area contributed by atoms with E-state index in [4.69, 9.17) is 9.47 Å². The lowest BCUT2D eigenvalue weighted by molar-refractivity contribution is 0.107. The van der Waals surface area contributed by atoms with Crippen LogP contribution >= 0.6 is 0 Å². The lowest BCUT2D eigenvalue weighted by atomic mass is 10.1. The Hall–Kier alpha value is -1.13. The van der Waals surface area contributed by atoms with Crippen molar-refractivity contribution in [3.05, 3.63) is 29.6 Å². The number of hydrogen-bond donors (Lipinski definition) is 1. The Labute approximate surface area is 107 Å². The van der Waals surface area contributed by atoms with Gasteiger partial charge in [0, 0.05) is 31.3 Å². The van der Waals surface area contributed by atoms with Crippen molar-refractivity contribution >= 4 is 0 Å². The second-order valence-corrected chi connectivity index (χ2v) is 4.71. The Bertz CT molecular complexity index is 397. The van der Waals surface area contributed by atoms with Crippen LogP contribution in [-0.2, 0) is 11.3 Å². The molecule has 2 unspecified atom stereocenters. The molecule has 0 bridgehead atoms. The van der Waals surface area contributed by atoms with E-state index in [1.165, 1.54) is 13.2 Å². The van der Waals surface area contributed by atoms with Gasteiger partial charge in [-0.1, -0.05) is 6.07 Å². The average molecular weight is 253 g/mol. The predicted octanol–water partition coefficient (Wildman–Crippen LogP) is 2.49. The molecule has 1 saturated carbocycles. The summed E-state index contributed by atoms with van der Waals surface area (Å²) < 4.78 is 24.0. The summed E-state index contributed by atoms with van der Waals surface area (Å²) in [7, 11) is 3.28. The highest BCUT2D eigenvalue weighted by Crippen LogP contribution is 2.22. The van der Waals surface area contributed by atoms with Crippen LogP contribution < -0.4 is 10.1 Å². The van der Waals surface area contributed by atoms with Crippen molar-refractivity contribution in [3.8, 4) is 5.75 Å². The van der Waals surface area contributed by atoms with Crippen LogP contribution in [0.2, 0.25) is 0 Å². The Morgan fingerprint density at radius 3 is 2.78 bits per heavy atom.